The van der Waals surface area contributed by atoms with Gasteiger partial charge in [-0.05, 0) is 59.1 Å². The second kappa shape index (κ2) is 4.45. The molecule has 0 saturated heterocycles. The van der Waals surface area contributed by atoms with Gasteiger partial charge >= 0.3 is 0 Å². The highest BCUT2D eigenvalue weighted by Crippen LogP contribution is 2.23. The van der Waals surface area contributed by atoms with Crippen LogP contribution in [0.4, 0.5) is 4.39 Å². The maximum absolute atomic E-state index is 13.5. The van der Waals surface area contributed by atoms with Crippen molar-refractivity contribution < 1.29 is 13.6 Å². The molecule has 88 valence electrons. The van der Waals surface area contributed by atoms with E-state index in [-0.39, 0.29) is 11.6 Å². The van der Waals surface area contributed by atoms with Crippen LogP contribution < -0.4 is 0 Å². The fourth-order valence-electron chi connectivity index (χ4n) is 1.69. The van der Waals surface area contributed by atoms with Gasteiger partial charge in [0.25, 0.3) is 0 Å². The highest BCUT2D eigenvalue weighted by molar-refractivity contribution is 9.10. The molecule has 2 nitrogen and oxygen atoms in total. The number of hydrogen-bond acceptors (Lipinski definition) is 2. The third-order valence-electron chi connectivity index (χ3n) is 2.56. The smallest absolute Gasteiger partial charge is 0.197 e. The summed E-state index contributed by atoms with van der Waals surface area (Å²) in [6.07, 6.45) is 1.43. The summed E-state index contributed by atoms with van der Waals surface area (Å²) >= 11 is 3.15. The summed E-state index contributed by atoms with van der Waals surface area (Å²) in [6.45, 7) is 3.28. The van der Waals surface area contributed by atoms with Crippen LogP contribution in [0.2, 0.25) is 0 Å². The molecule has 0 aliphatic rings. The molecule has 1 aromatic heterocycles. The molecule has 1 aromatic carbocycles. The Balaban J connectivity index is 2.49. The Morgan fingerprint density at radius 3 is 2.35 bits per heavy atom. The quantitative estimate of drug-likeness (QED) is 0.783. The van der Waals surface area contributed by atoms with Crippen molar-refractivity contribution in [3.63, 3.8) is 0 Å². The third kappa shape index (κ3) is 2.17. The van der Waals surface area contributed by atoms with Gasteiger partial charge in [-0.15, -0.1) is 0 Å². The first kappa shape index (κ1) is 12.0. The van der Waals surface area contributed by atoms with Crippen LogP contribution in [0.1, 0.15) is 27.0 Å². The predicted molar refractivity (Wildman–Crippen MR) is 65.7 cm³/mol. The molecule has 0 aliphatic carbocycles. The molecule has 2 rings (SSSR count). The van der Waals surface area contributed by atoms with Crippen LogP contribution in [-0.4, -0.2) is 5.78 Å². The number of aryl methyl sites for hydroxylation is 2. The molecule has 4 heteroatoms. The molecule has 0 unspecified atom stereocenters. The van der Waals surface area contributed by atoms with Gasteiger partial charge < -0.3 is 4.42 Å². The van der Waals surface area contributed by atoms with E-state index in [0.29, 0.717) is 26.9 Å². The van der Waals surface area contributed by atoms with E-state index in [1.165, 1.54) is 6.26 Å². The second-order valence-electron chi connectivity index (χ2n) is 3.86. The Bertz CT molecular complexity index is 564. The standard InChI is InChI=1S/C13H10BrFO2/c1-7-5-9(6-8(2)11(7)15)12(16)10-3-4-17-13(10)14/h3-6H,1-2H3. The highest BCUT2D eigenvalue weighted by Gasteiger charge is 2.16. The fraction of sp³-hybridized carbons (Fsp3) is 0.154. The normalized spacial score (nSPS) is 10.6. The third-order valence-corrected chi connectivity index (χ3v) is 3.18. The summed E-state index contributed by atoms with van der Waals surface area (Å²) in [5, 5.41) is 0. The molecule has 17 heavy (non-hydrogen) atoms. The largest absolute Gasteiger partial charge is 0.457 e. The van der Waals surface area contributed by atoms with E-state index in [0.717, 1.165) is 0 Å². The van der Waals surface area contributed by atoms with Crippen molar-refractivity contribution in [2.75, 3.05) is 0 Å². The topological polar surface area (TPSA) is 30.2 Å². The lowest BCUT2D eigenvalue weighted by Crippen LogP contribution is -2.03. The van der Waals surface area contributed by atoms with E-state index >= 15 is 0 Å². The average molecular weight is 297 g/mol. The fourth-order valence-corrected chi connectivity index (χ4v) is 2.11. The monoisotopic (exact) mass is 296 g/mol. The van der Waals surface area contributed by atoms with Crippen LogP contribution in [0.15, 0.2) is 33.5 Å². The van der Waals surface area contributed by atoms with Crippen LogP contribution in [0.25, 0.3) is 0 Å². The molecule has 0 amide bonds. The van der Waals surface area contributed by atoms with Gasteiger partial charge in [0.05, 0.1) is 11.8 Å². The van der Waals surface area contributed by atoms with Gasteiger partial charge in [0.2, 0.25) is 0 Å². The average Bonchev–Trinajstić information content (AvgIpc) is 2.70. The van der Waals surface area contributed by atoms with Crippen LogP contribution in [-0.2, 0) is 0 Å². The maximum atomic E-state index is 13.5. The van der Waals surface area contributed by atoms with E-state index in [1.54, 1.807) is 32.0 Å². The van der Waals surface area contributed by atoms with Crippen LogP contribution in [0.3, 0.4) is 0 Å². The number of carbonyl (C=O) groups excluding carboxylic acids is 1. The Morgan fingerprint density at radius 1 is 1.29 bits per heavy atom. The molecule has 0 fully saturated rings. The minimum atomic E-state index is -0.271. The summed E-state index contributed by atoms with van der Waals surface area (Å²) in [5.41, 5.74) is 1.83. The van der Waals surface area contributed by atoms with Gasteiger partial charge in [-0.2, -0.15) is 0 Å². The number of ketones is 1. The highest BCUT2D eigenvalue weighted by atomic mass is 79.9. The van der Waals surface area contributed by atoms with Crippen LogP contribution in [0.5, 0.6) is 0 Å². The first-order valence-corrected chi connectivity index (χ1v) is 5.84. The number of carbonyl (C=O) groups is 1. The minimum Gasteiger partial charge on any atom is -0.457 e. The number of hydrogen-bond donors (Lipinski definition) is 0. The van der Waals surface area contributed by atoms with E-state index < -0.39 is 0 Å². The zero-order chi connectivity index (χ0) is 12.6. The van der Waals surface area contributed by atoms with E-state index in [4.69, 9.17) is 4.42 Å². The van der Waals surface area contributed by atoms with Crippen LogP contribution in [0, 0.1) is 19.7 Å². The molecule has 0 aliphatic heterocycles. The van der Waals surface area contributed by atoms with Crippen molar-refractivity contribution in [3.8, 4) is 0 Å². The van der Waals surface area contributed by atoms with Crippen molar-refractivity contribution in [2.24, 2.45) is 0 Å². The van der Waals surface area contributed by atoms with Gasteiger partial charge in [0.15, 0.2) is 10.5 Å². The predicted octanol–water partition coefficient (Wildman–Crippen LogP) is 4.03. The maximum Gasteiger partial charge on any atom is 0.197 e. The zero-order valence-electron chi connectivity index (χ0n) is 9.38. The summed E-state index contributed by atoms with van der Waals surface area (Å²) in [4.78, 5) is 12.1. The van der Waals surface area contributed by atoms with E-state index in [2.05, 4.69) is 15.9 Å². The first-order valence-electron chi connectivity index (χ1n) is 5.05. The van der Waals surface area contributed by atoms with Gasteiger partial charge in [-0.25, -0.2) is 4.39 Å². The lowest BCUT2D eigenvalue weighted by molar-refractivity contribution is 0.103. The summed E-state index contributed by atoms with van der Waals surface area (Å²) < 4.78 is 18.9. The van der Waals surface area contributed by atoms with Crippen molar-refractivity contribution >= 4 is 21.7 Å². The van der Waals surface area contributed by atoms with Crippen molar-refractivity contribution in [1.82, 2.24) is 0 Å². The molecule has 2 aromatic rings. The molecular weight excluding hydrogens is 287 g/mol. The van der Waals surface area contributed by atoms with Gasteiger partial charge in [0, 0.05) is 5.56 Å². The number of rotatable bonds is 2. The SMILES string of the molecule is Cc1cc(C(=O)c2ccoc2Br)cc(C)c1F. The molecule has 0 bridgehead atoms. The minimum absolute atomic E-state index is 0.183. The Hall–Kier alpha value is -1.42. The molecule has 0 saturated carbocycles. The zero-order valence-corrected chi connectivity index (χ0v) is 11.0. The van der Waals surface area contributed by atoms with Gasteiger partial charge in [-0.1, -0.05) is 0 Å². The van der Waals surface area contributed by atoms with Gasteiger partial charge in [0.1, 0.15) is 5.82 Å². The second-order valence-corrected chi connectivity index (χ2v) is 4.58. The van der Waals surface area contributed by atoms with Crippen molar-refractivity contribution in [2.45, 2.75) is 13.8 Å². The summed E-state index contributed by atoms with van der Waals surface area (Å²) in [5.74, 6) is -0.454. The number of benzene rings is 1. The Kier molecular flexibility index (Phi) is 3.15. The van der Waals surface area contributed by atoms with E-state index in [9.17, 15) is 9.18 Å². The Labute approximate surface area is 107 Å². The summed E-state index contributed by atoms with van der Waals surface area (Å²) in [7, 11) is 0. The molecule has 0 radical (unpaired) electrons. The van der Waals surface area contributed by atoms with E-state index in [1.807, 2.05) is 0 Å². The number of furan rings is 1. The lowest BCUT2D eigenvalue weighted by Gasteiger charge is -2.05. The molecule has 0 N–H and O–H groups in total. The van der Waals surface area contributed by atoms with Gasteiger partial charge in [-0.3, -0.25) is 4.79 Å². The Morgan fingerprint density at radius 2 is 1.88 bits per heavy atom. The number of halogens is 2. The van der Waals surface area contributed by atoms with Crippen molar-refractivity contribution in [1.29, 1.82) is 0 Å². The molecule has 1 heterocycles. The molecular formula is C13H10BrFO2. The summed E-state index contributed by atoms with van der Waals surface area (Å²) in [6, 6.07) is 4.68. The first-order chi connectivity index (χ1) is 8.00. The lowest BCUT2D eigenvalue weighted by atomic mass is 10.0. The van der Waals surface area contributed by atoms with Crippen LogP contribution >= 0.6 is 15.9 Å². The van der Waals surface area contributed by atoms with Crippen molar-refractivity contribution in [3.05, 3.63) is 57.2 Å². The molecule has 0 spiro atoms. The molecule has 0 atom stereocenters.